The number of likely N-dealkylation sites (tertiary alicyclic amines) is 1. The number of fused-ring (bicyclic) bond motifs is 5. The van der Waals surface area contributed by atoms with Crippen LogP contribution in [-0.4, -0.2) is 43.7 Å². The van der Waals surface area contributed by atoms with Crippen molar-refractivity contribution >= 4 is 61.0 Å². The van der Waals surface area contributed by atoms with E-state index in [0.717, 1.165) is 6.42 Å². The molecule has 2 aliphatic carbocycles. The van der Waals surface area contributed by atoms with Crippen LogP contribution in [0.25, 0.3) is 0 Å². The lowest BCUT2D eigenvalue weighted by atomic mass is 9.81. The van der Waals surface area contributed by atoms with E-state index in [1.165, 1.54) is 11.0 Å². The number of nitrogens with zero attached hydrogens (tertiary/aromatic N) is 2. The second-order valence-corrected chi connectivity index (χ2v) is 11.1. The van der Waals surface area contributed by atoms with E-state index in [-0.39, 0.29) is 63.2 Å². The zero-order chi connectivity index (χ0) is 23.2. The van der Waals surface area contributed by atoms with Gasteiger partial charge in [-0.15, -0.1) is 0 Å². The Labute approximate surface area is 202 Å². The van der Waals surface area contributed by atoms with Gasteiger partial charge in [0.2, 0.25) is 17.7 Å². The van der Waals surface area contributed by atoms with Crippen LogP contribution in [0.3, 0.4) is 0 Å². The monoisotopic (exact) mass is 569 g/mol. The summed E-state index contributed by atoms with van der Waals surface area (Å²) >= 11 is 7.38. The average Bonchev–Trinajstić information content (AvgIpc) is 3.35. The van der Waals surface area contributed by atoms with Crippen molar-refractivity contribution in [1.29, 1.82) is 0 Å². The highest BCUT2D eigenvalue weighted by atomic mass is 79.9. The number of aryl methyl sites for hydroxylation is 1. The molecule has 1 N–H and O–H groups in total. The summed E-state index contributed by atoms with van der Waals surface area (Å²) in [5, 5.41) is 13.7. The predicted molar refractivity (Wildman–Crippen MR) is 126 cm³/mol. The number of unbranched alkanes of at least 4 members (excludes halogenated alkanes) is 2. The summed E-state index contributed by atoms with van der Waals surface area (Å²) in [6.07, 6.45) is 3.18. The summed E-state index contributed by atoms with van der Waals surface area (Å²) in [5.74, 6) is -0.210. The maximum Gasteiger partial charge on any atom is 0.274 e. The molecule has 1 saturated heterocycles. The second-order valence-electron chi connectivity index (χ2n) is 8.95. The molecule has 1 aromatic carbocycles. The average molecular weight is 571 g/mol. The zero-order valence-corrected chi connectivity index (χ0v) is 20.8. The standard InChI is InChI=1S/C22H25Br2N3O5/c1-11-6-7-12(9-15(11)27(31)32)25-16(28)5-3-2-4-8-26-21(29)17-13-10-14(18(17)22(26)30)20(24)19(13)23/h6-7,9,13-14,17-20H,2-5,8,10H2,1H3,(H,25,28)/t13-,14+,17-,18+,19-,20+. The maximum atomic E-state index is 12.9. The number of carbonyl (C=O) groups excluding carboxylic acids is 3. The Morgan fingerprint density at radius 3 is 2.34 bits per heavy atom. The van der Waals surface area contributed by atoms with Crippen molar-refractivity contribution in [2.24, 2.45) is 23.7 Å². The van der Waals surface area contributed by atoms with Crippen LogP contribution in [0.15, 0.2) is 18.2 Å². The molecular weight excluding hydrogens is 546 g/mol. The molecule has 0 radical (unpaired) electrons. The third-order valence-electron chi connectivity index (χ3n) is 7.05. The highest BCUT2D eigenvalue weighted by Gasteiger charge is 2.66. The van der Waals surface area contributed by atoms with Gasteiger partial charge in [-0.1, -0.05) is 44.3 Å². The van der Waals surface area contributed by atoms with Crippen LogP contribution in [-0.2, 0) is 14.4 Å². The van der Waals surface area contributed by atoms with Gasteiger partial charge in [0.25, 0.3) is 5.69 Å². The lowest BCUT2D eigenvalue weighted by Crippen LogP contribution is -2.37. The van der Waals surface area contributed by atoms with Gasteiger partial charge in [0, 0.05) is 39.9 Å². The lowest BCUT2D eigenvalue weighted by molar-refractivity contribution is -0.385. The Bertz CT molecular complexity index is 939. The van der Waals surface area contributed by atoms with Crippen LogP contribution < -0.4 is 5.32 Å². The molecule has 3 fully saturated rings. The first-order chi connectivity index (χ1) is 15.2. The Kier molecular flexibility index (Phi) is 6.72. The van der Waals surface area contributed by atoms with Crippen molar-refractivity contribution in [1.82, 2.24) is 4.90 Å². The fourth-order valence-corrected chi connectivity index (χ4v) is 7.34. The number of rotatable bonds is 8. The number of halogens is 2. The highest BCUT2D eigenvalue weighted by Crippen LogP contribution is 2.60. The van der Waals surface area contributed by atoms with Gasteiger partial charge in [-0.3, -0.25) is 29.4 Å². The molecule has 0 spiro atoms. The van der Waals surface area contributed by atoms with E-state index in [0.29, 0.717) is 37.1 Å². The van der Waals surface area contributed by atoms with Gasteiger partial charge in [-0.25, -0.2) is 0 Å². The summed E-state index contributed by atoms with van der Waals surface area (Å²) in [7, 11) is 0. The number of amides is 3. The van der Waals surface area contributed by atoms with Crippen molar-refractivity contribution in [2.45, 2.75) is 48.7 Å². The molecule has 3 amide bonds. The summed E-state index contributed by atoms with van der Waals surface area (Å²) in [6, 6.07) is 4.61. The van der Waals surface area contributed by atoms with Crippen LogP contribution in [0, 0.1) is 40.7 Å². The van der Waals surface area contributed by atoms with Crippen molar-refractivity contribution in [3.63, 3.8) is 0 Å². The minimum atomic E-state index is -0.471. The molecule has 1 aromatic rings. The number of nitro groups is 1. The van der Waals surface area contributed by atoms with E-state index < -0.39 is 4.92 Å². The third kappa shape index (κ3) is 4.11. The number of alkyl halides is 2. The van der Waals surface area contributed by atoms with Crippen LogP contribution in [0.4, 0.5) is 11.4 Å². The van der Waals surface area contributed by atoms with Gasteiger partial charge in [0.05, 0.1) is 16.8 Å². The maximum absolute atomic E-state index is 12.9. The zero-order valence-electron chi connectivity index (χ0n) is 17.6. The first-order valence-corrected chi connectivity index (χ1v) is 12.7. The van der Waals surface area contributed by atoms with Gasteiger partial charge >= 0.3 is 0 Å². The molecule has 0 aromatic heterocycles. The van der Waals surface area contributed by atoms with E-state index in [9.17, 15) is 24.5 Å². The van der Waals surface area contributed by atoms with E-state index in [4.69, 9.17) is 0 Å². The quantitative estimate of drug-likeness (QED) is 0.166. The number of anilines is 1. The fraction of sp³-hybridized carbons (Fsp3) is 0.591. The van der Waals surface area contributed by atoms with Gasteiger partial charge < -0.3 is 5.32 Å². The minimum Gasteiger partial charge on any atom is -0.326 e. The summed E-state index contributed by atoms with van der Waals surface area (Å²) in [4.78, 5) is 50.4. The summed E-state index contributed by atoms with van der Waals surface area (Å²) < 4.78 is 0. The van der Waals surface area contributed by atoms with E-state index in [1.54, 1.807) is 19.1 Å². The van der Waals surface area contributed by atoms with Gasteiger partial charge in [0.15, 0.2) is 0 Å². The van der Waals surface area contributed by atoms with Gasteiger partial charge in [-0.2, -0.15) is 0 Å². The number of nitrogens with one attached hydrogen (secondary N) is 1. The normalized spacial score (nSPS) is 30.7. The number of hydrogen-bond acceptors (Lipinski definition) is 5. The lowest BCUT2D eigenvalue weighted by Gasteiger charge is -2.28. The first-order valence-electron chi connectivity index (χ1n) is 10.9. The van der Waals surface area contributed by atoms with E-state index >= 15 is 0 Å². The van der Waals surface area contributed by atoms with E-state index in [2.05, 4.69) is 37.2 Å². The Morgan fingerprint density at radius 2 is 1.75 bits per heavy atom. The van der Waals surface area contributed by atoms with Gasteiger partial charge in [0.1, 0.15) is 0 Å². The fourth-order valence-electron chi connectivity index (χ4n) is 5.47. The molecule has 6 atom stereocenters. The molecule has 32 heavy (non-hydrogen) atoms. The van der Waals surface area contributed by atoms with Crippen LogP contribution in [0.1, 0.15) is 37.7 Å². The van der Waals surface area contributed by atoms with E-state index in [1.807, 2.05) is 0 Å². The van der Waals surface area contributed by atoms with Crippen LogP contribution in [0.2, 0.25) is 0 Å². The topological polar surface area (TPSA) is 110 Å². The van der Waals surface area contributed by atoms with Crippen molar-refractivity contribution < 1.29 is 19.3 Å². The van der Waals surface area contributed by atoms with Gasteiger partial charge in [-0.05, 0) is 44.1 Å². The highest BCUT2D eigenvalue weighted by molar-refractivity contribution is 9.12. The number of benzene rings is 1. The second kappa shape index (κ2) is 9.21. The Balaban J connectivity index is 1.21. The number of nitro benzene ring substituents is 1. The van der Waals surface area contributed by atoms with Crippen LogP contribution in [0.5, 0.6) is 0 Å². The molecule has 3 aliphatic rings. The van der Waals surface area contributed by atoms with Crippen molar-refractivity contribution in [3.05, 3.63) is 33.9 Å². The van der Waals surface area contributed by atoms with Crippen molar-refractivity contribution in [2.75, 3.05) is 11.9 Å². The number of hydrogen-bond donors (Lipinski definition) is 1. The molecule has 4 rings (SSSR count). The molecule has 10 heteroatoms. The molecular formula is C22H25Br2N3O5. The predicted octanol–water partition coefficient (Wildman–Crippen LogP) is 4.18. The van der Waals surface area contributed by atoms with Crippen molar-refractivity contribution in [3.8, 4) is 0 Å². The number of carbonyl (C=O) groups is 3. The SMILES string of the molecule is Cc1ccc(NC(=O)CCCCCN2C(=O)[C@@H]3[C@H]4C[C@H]([C@H](Br)[C@@H]4Br)[C@@H]3C2=O)cc1[N+](=O)[O-]. The molecule has 0 unspecified atom stereocenters. The molecule has 172 valence electrons. The minimum absolute atomic E-state index is 0.0292. The molecule has 8 nitrogen and oxygen atoms in total. The molecule has 2 bridgehead atoms. The van der Waals surface area contributed by atoms with Crippen LogP contribution >= 0.6 is 31.9 Å². The number of imide groups is 1. The molecule has 2 saturated carbocycles. The largest absolute Gasteiger partial charge is 0.326 e. The molecule has 1 heterocycles. The third-order valence-corrected chi connectivity index (χ3v) is 10.3. The Hall–Kier alpha value is -1.81. The smallest absolute Gasteiger partial charge is 0.274 e. The summed E-state index contributed by atoms with van der Waals surface area (Å²) in [5.41, 5.74) is 0.907. The first kappa shape index (κ1) is 23.4. The summed E-state index contributed by atoms with van der Waals surface area (Å²) in [6.45, 7) is 2.05. The molecule has 1 aliphatic heterocycles. The Morgan fingerprint density at radius 1 is 1.12 bits per heavy atom.